The molecule has 5 aromatic rings. The van der Waals surface area contributed by atoms with Gasteiger partial charge >= 0.3 is 6.16 Å². The summed E-state index contributed by atoms with van der Waals surface area (Å²) in [6.07, 6.45) is -0.119. The van der Waals surface area contributed by atoms with Crippen LogP contribution in [0.3, 0.4) is 0 Å². The molecular weight excluding hydrogens is 666 g/mol. The lowest BCUT2D eigenvalue weighted by Gasteiger charge is -2.44. The average molecular weight is 698 g/mol. The number of hydrogen-bond acceptors (Lipinski definition) is 13. The van der Waals surface area contributed by atoms with Crippen LogP contribution in [0.25, 0.3) is 22.4 Å². The maximum absolute atomic E-state index is 15.6. The van der Waals surface area contributed by atoms with Gasteiger partial charge in [-0.15, -0.1) is 0 Å². The number of ether oxygens (including phenoxy) is 3. The SMILES string of the molecule is CC(OC(=O)Oc1ccncc1)Oc1cc(F)c(-c2cc(Cn3cnc4c(N)ncnc43)c(N3CCC[C@](N)([C@H](O)C(F)F)C3)cn2)cc1F. The number of pyridine rings is 2. The minimum absolute atomic E-state index is 0.0270. The van der Waals surface area contributed by atoms with Gasteiger partial charge in [-0.1, -0.05) is 0 Å². The largest absolute Gasteiger partial charge is 0.516 e. The molecule has 1 saturated heterocycles. The molecular formula is C32H31F4N9O5. The summed E-state index contributed by atoms with van der Waals surface area (Å²) in [7, 11) is 0. The number of alkyl halides is 2. The van der Waals surface area contributed by atoms with Crippen LogP contribution < -0.4 is 25.8 Å². The summed E-state index contributed by atoms with van der Waals surface area (Å²) < 4.78 is 75.0. The van der Waals surface area contributed by atoms with Crippen molar-refractivity contribution in [3.8, 4) is 22.8 Å². The molecule has 262 valence electrons. The van der Waals surface area contributed by atoms with E-state index in [0.29, 0.717) is 35.4 Å². The Morgan fingerprint density at radius 3 is 2.64 bits per heavy atom. The van der Waals surface area contributed by atoms with Crippen LogP contribution >= 0.6 is 0 Å². The normalized spacial score (nSPS) is 17.5. The molecule has 5 N–H and O–H groups in total. The highest BCUT2D eigenvalue weighted by atomic mass is 19.3. The van der Waals surface area contributed by atoms with Crippen molar-refractivity contribution in [3.05, 3.63) is 78.8 Å². The molecule has 5 heterocycles. The minimum Gasteiger partial charge on any atom is -0.452 e. The van der Waals surface area contributed by atoms with Crippen LogP contribution in [0.4, 0.5) is 33.9 Å². The van der Waals surface area contributed by atoms with Crippen molar-refractivity contribution in [1.82, 2.24) is 29.5 Å². The van der Waals surface area contributed by atoms with E-state index in [1.807, 2.05) is 0 Å². The highest BCUT2D eigenvalue weighted by Crippen LogP contribution is 2.35. The third kappa shape index (κ3) is 7.20. The Morgan fingerprint density at radius 2 is 1.88 bits per heavy atom. The third-order valence-electron chi connectivity index (χ3n) is 8.16. The molecule has 1 fully saturated rings. The van der Waals surface area contributed by atoms with E-state index in [4.69, 9.17) is 25.7 Å². The highest BCUT2D eigenvalue weighted by Gasteiger charge is 2.43. The molecule has 1 aromatic carbocycles. The molecule has 50 heavy (non-hydrogen) atoms. The molecule has 0 radical (unpaired) electrons. The molecule has 6 rings (SSSR count). The summed E-state index contributed by atoms with van der Waals surface area (Å²) in [6, 6.07) is 6.02. The number of hydrogen-bond donors (Lipinski definition) is 3. The Hall–Kier alpha value is -5.62. The van der Waals surface area contributed by atoms with E-state index >= 15 is 8.78 Å². The van der Waals surface area contributed by atoms with E-state index in [9.17, 15) is 18.7 Å². The van der Waals surface area contributed by atoms with Gasteiger partial charge in [0.15, 0.2) is 23.0 Å². The van der Waals surface area contributed by atoms with Crippen molar-refractivity contribution < 1.29 is 41.7 Å². The van der Waals surface area contributed by atoms with Crippen LogP contribution in [0, 0.1) is 11.6 Å². The number of fused-ring (bicyclic) bond motifs is 1. The van der Waals surface area contributed by atoms with Crippen LogP contribution in [0.1, 0.15) is 25.3 Å². The van der Waals surface area contributed by atoms with E-state index in [0.717, 1.165) is 12.1 Å². The number of piperidine rings is 1. The predicted molar refractivity (Wildman–Crippen MR) is 170 cm³/mol. The second-order valence-corrected chi connectivity index (χ2v) is 11.6. The molecule has 1 aliphatic heterocycles. The molecule has 18 heteroatoms. The first-order valence-electron chi connectivity index (χ1n) is 15.3. The highest BCUT2D eigenvalue weighted by molar-refractivity contribution is 5.81. The lowest BCUT2D eigenvalue weighted by Crippen LogP contribution is -2.63. The number of carbonyl (C=O) groups is 1. The number of rotatable bonds is 10. The number of carbonyl (C=O) groups excluding carboxylic acids is 1. The van der Waals surface area contributed by atoms with Gasteiger partial charge in [0.2, 0.25) is 6.29 Å². The molecule has 4 aromatic heterocycles. The molecule has 1 aliphatic rings. The number of aliphatic hydroxyl groups excluding tert-OH is 1. The molecule has 1 unspecified atom stereocenters. The van der Waals surface area contributed by atoms with E-state index in [2.05, 4.69) is 24.9 Å². The second kappa shape index (κ2) is 14.1. The Balaban J connectivity index is 1.29. The van der Waals surface area contributed by atoms with Gasteiger partial charge in [0.1, 0.15) is 29.5 Å². The number of imidazole rings is 1. The number of halogens is 4. The molecule has 0 spiro atoms. The van der Waals surface area contributed by atoms with E-state index < -0.39 is 47.9 Å². The number of anilines is 2. The standard InChI is InChI=1S/C32H31F4N9O5/c1-17(49-31(47)50-19-3-6-39-7-4-19)48-25-11-21(33)20(10-22(25)34)23-9-18(13-45-16-43-26-29(37)41-15-42-30(26)45)24(12-40-23)44-8-2-5-32(38,14-44)27(46)28(35)36/h3-4,6-7,9-12,15-17,27-28,46H,2,5,8,13-14,38H2,1H3,(H2,37,41,42)/t17?,27-,32-/m1/s1. The topological polar surface area (TPSA) is 190 Å². The Bertz CT molecular complexity index is 2000. The number of nitrogens with zero attached hydrogens (tertiary/aromatic N) is 7. The molecule has 0 bridgehead atoms. The smallest absolute Gasteiger partial charge is 0.452 e. The molecule has 0 aliphatic carbocycles. The number of aliphatic hydroxyl groups is 1. The van der Waals surface area contributed by atoms with Gasteiger partial charge in [-0.05, 0) is 42.7 Å². The van der Waals surface area contributed by atoms with Crippen LogP contribution in [-0.4, -0.2) is 78.2 Å². The van der Waals surface area contributed by atoms with Gasteiger partial charge in [-0.2, -0.15) is 0 Å². The van der Waals surface area contributed by atoms with Crippen molar-refractivity contribution in [2.24, 2.45) is 5.73 Å². The van der Waals surface area contributed by atoms with E-state index in [-0.39, 0.29) is 42.3 Å². The summed E-state index contributed by atoms with van der Waals surface area (Å²) in [5.74, 6) is -2.13. The molecule has 3 atom stereocenters. The number of nitrogen functional groups attached to an aromatic ring is 1. The number of aromatic nitrogens is 6. The van der Waals surface area contributed by atoms with Crippen LogP contribution in [0.2, 0.25) is 0 Å². The molecule has 14 nitrogen and oxygen atoms in total. The first-order chi connectivity index (χ1) is 23.9. The van der Waals surface area contributed by atoms with Gasteiger partial charge < -0.3 is 40.3 Å². The third-order valence-corrected chi connectivity index (χ3v) is 8.16. The van der Waals surface area contributed by atoms with Crippen molar-refractivity contribution in [1.29, 1.82) is 0 Å². The van der Waals surface area contributed by atoms with Gasteiger partial charge in [0.25, 0.3) is 6.43 Å². The zero-order valence-electron chi connectivity index (χ0n) is 26.4. The van der Waals surface area contributed by atoms with Crippen molar-refractivity contribution in [2.75, 3.05) is 23.7 Å². The zero-order valence-corrected chi connectivity index (χ0v) is 26.4. The van der Waals surface area contributed by atoms with E-state index in [1.165, 1.54) is 56.4 Å². The quantitative estimate of drug-likeness (QED) is 0.108. The monoisotopic (exact) mass is 697 g/mol. The van der Waals surface area contributed by atoms with Crippen molar-refractivity contribution in [3.63, 3.8) is 0 Å². The summed E-state index contributed by atoms with van der Waals surface area (Å²) in [6.45, 7) is 1.63. The van der Waals surface area contributed by atoms with Crippen LogP contribution in [0.5, 0.6) is 11.5 Å². The maximum Gasteiger partial charge on any atom is 0.516 e. The second-order valence-electron chi connectivity index (χ2n) is 11.6. The van der Waals surface area contributed by atoms with Gasteiger partial charge in [0, 0.05) is 44.0 Å². The number of benzene rings is 1. The zero-order chi connectivity index (χ0) is 35.6. The Morgan fingerprint density at radius 1 is 1.10 bits per heavy atom. The fourth-order valence-corrected chi connectivity index (χ4v) is 5.74. The van der Waals surface area contributed by atoms with Crippen molar-refractivity contribution in [2.45, 2.75) is 50.7 Å². The molecule has 0 amide bonds. The first kappa shape index (κ1) is 34.3. The van der Waals surface area contributed by atoms with Gasteiger partial charge in [-0.3, -0.25) is 9.97 Å². The average Bonchev–Trinajstić information content (AvgIpc) is 3.50. The Kier molecular flexibility index (Phi) is 9.65. The van der Waals surface area contributed by atoms with Crippen LogP contribution in [0.15, 0.2) is 61.6 Å². The lowest BCUT2D eigenvalue weighted by molar-refractivity contribution is -0.0529. The maximum atomic E-state index is 15.6. The fraction of sp³-hybridized carbons (Fsp3) is 0.312. The Labute approximate surface area is 281 Å². The van der Waals surface area contributed by atoms with Crippen LogP contribution in [-0.2, 0) is 11.3 Å². The summed E-state index contributed by atoms with van der Waals surface area (Å²) >= 11 is 0. The fourth-order valence-electron chi connectivity index (χ4n) is 5.74. The van der Waals surface area contributed by atoms with Gasteiger partial charge in [0.05, 0.1) is 36.0 Å². The van der Waals surface area contributed by atoms with Gasteiger partial charge in [-0.25, -0.2) is 37.3 Å². The summed E-state index contributed by atoms with van der Waals surface area (Å²) in [5, 5.41) is 10.2. The number of nitrogens with two attached hydrogens (primary N) is 2. The minimum atomic E-state index is -3.05. The molecule has 0 saturated carbocycles. The predicted octanol–water partition coefficient (Wildman–Crippen LogP) is 4.06. The lowest BCUT2D eigenvalue weighted by atomic mass is 9.84. The summed E-state index contributed by atoms with van der Waals surface area (Å²) in [5.41, 5.74) is 12.1. The van der Waals surface area contributed by atoms with Crippen molar-refractivity contribution >= 4 is 28.8 Å². The first-order valence-corrected chi connectivity index (χ1v) is 15.3. The summed E-state index contributed by atoms with van der Waals surface area (Å²) in [4.78, 5) is 34.5. The van der Waals surface area contributed by atoms with E-state index in [1.54, 1.807) is 9.47 Å².